The van der Waals surface area contributed by atoms with Crippen molar-refractivity contribution in [1.82, 2.24) is 0 Å². The molecular weight excluding hydrogens is 174 g/mol. The molecule has 0 amide bonds. The number of benzene rings is 1. The first-order valence-corrected chi connectivity index (χ1v) is 4.86. The molecule has 2 nitrogen and oxygen atoms in total. The van der Waals surface area contributed by atoms with Crippen molar-refractivity contribution in [1.29, 1.82) is 5.26 Å². The van der Waals surface area contributed by atoms with Crippen LogP contribution in [-0.4, -0.2) is 11.7 Å². The van der Waals surface area contributed by atoms with E-state index in [4.69, 9.17) is 10.4 Å². The molecule has 2 heteroatoms. The zero-order chi connectivity index (χ0) is 10.4. The van der Waals surface area contributed by atoms with Crippen LogP contribution >= 0.6 is 0 Å². The molecule has 0 fully saturated rings. The molecule has 0 heterocycles. The highest BCUT2D eigenvalue weighted by molar-refractivity contribution is 5.31. The fourth-order valence-electron chi connectivity index (χ4n) is 1.44. The van der Waals surface area contributed by atoms with Gasteiger partial charge in [0.15, 0.2) is 0 Å². The van der Waals surface area contributed by atoms with Crippen LogP contribution in [0.4, 0.5) is 0 Å². The van der Waals surface area contributed by atoms with Gasteiger partial charge in [-0.1, -0.05) is 19.1 Å². The fourth-order valence-corrected chi connectivity index (χ4v) is 1.44. The maximum Gasteiger partial charge on any atom is 0.0991 e. The molecule has 0 spiro atoms. The largest absolute Gasteiger partial charge is 0.396 e. The standard InChI is InChI=1S/C12H15NO/c1-10(6-7-14)8-11-2-4-12(9-13)5-3-11/h2-5,10,14H,6-8H2,1H3. The summed E-state index contributed by atoms with van der Waals surface area (Å²) in [5.41, 5.74) is 1.92. The second-order valence-corrected chi connectivity index (χ2v) is 3.63. The summed E-state index contributed by atoms with van der Waals surface area (Å²) in [6.07, 6.45) is 1.80. The average molecular weight is 189 g/mol. The third-order valence-corrected chi connectivity index (χ3v) is 2.29. The molecule has 0 bridgehead atoms. The molecule has 0 aliphatic heterocycles. The van der Waals surface area contributed by atoms with E-state index in [0.29, 0.717) is 11.5 Å². The summed E-state index contributed by atoms with van der Waals surface area (Å²) < 4.78 is 0. The van der Waals surface area contributed by atoms with Crippen molar-refractivity contribution >= 4 is 0 Å². The monoisotopic (exact) mass is 189 g/mol. The van der Waals surface area contributed by atoms with Gasteiger partial charge in [-0.2, -0.15) is 5.26 Å². The van der Waals surface area contributed by atoms with Gasteiger partial charge in [-0.05, 0) is 36.5 Å². The zero-order valence-corrected chi connectivity index (χ0v) is 8.40. The third-order valence-electron chi connectivity index (χ3n) is 2.29. The van der Waals surface area contributed by atoms with E-state index in [-0.39, 0.29) is 6.61 Å². The Morgan fingerprint density at radius 3 is 2.50 bits per heavy atom. The Morgan fingerprint density at radius 1 is 1.36 bits per heavy atom. The van der Waals surface area contributed by atoms with Crippen LogP contribution in [0.15, 0.2) is 24.3 Å². The van der Waals surface area contributed by atoms with Gasteiger partial charge >= 0.3 is 0 Å². The number of hydrogen-bond acceptors (Lipinski definition) is 2. The molecule has 1 rings (SSSR count). The highest BCUT2D eigenvalue weighted by Crippen LogP contribution is 2.12. The predicted molar refractivity (Wildman–Crippen MR) is 55.7 cm³/mol. The minimum atomic E-state index is 0.247. The van der Waals surface area contributed by atoms with Crippen LogP contribution in [0.3, 0.4) is 0 Å². The minimum Gasteiger partial charge on any atom is -0.396 e. The maximum absolute atomic E-state index is 8.75. The van der Waals surface area contributed by atoms with Crippen LogP contribution < -0.4 is 0 Å². The van der Waals surface area contributed by atoms with Gasteiger partial charge in [0, 0.05) is 6.61 Å². The number of rotatable bonds is 4. The van der Waals surface area contributed by atoms with Crippen LogP contribution in [0.5, 0.6) is 0 Å². The lowest BCUT2D eigenvalue weighted by molar-refractivity contribution is 0.262. The van der Waals surface area contributed by atoms with Crippen LogP contribution in [0.1, 0.15) is 24.5 Å². The number of aliphatic hydroxyl groups excluding tert-OH is 1. The molecule has 14 heavy (non-hydrogen) atoms. The van der Waals surface area contributed by atoms with Crippen molar-refractivity contribution in [2.24, 2.45) is 5.92 Å². The lowest BCUT2D eigenvalue weighted by Gasteiger charge is -2.08. The van der Waals surface area contributed by atoms with E-state index >= 15 is 0 Å². The van der Waals surface area contributed by atoms with Crippen molar-refractivity contribution in [2.75, 3.05) is 6.61 Å². The summed E-state index contributed by atoms with van der Waals surface area (Å²) in [4.78, 5) is 0. The Kier molecular flexibility index (Phi) is 4.15. The first-order chi connectivity index (χ1) is 6.76. The Labute approximate surface area is 84.8 Å². The van der Waals surface area contributed by atoms with Gasteiger partial charge in [-0.15, -0.1) is 0 Å². The van der Waals surface area contributed by atoms with Gasteiger partial charge in [0.1, 0.15) is 0 Å². The van der Waals surface area contributed by atoms with Crippen LogP contribution in [0.2, 0.25) is 0 Å². The highest BCUT2D eigenvalue weighted by Gasteiger charge is 2.02. The molecule has 0 saturated carbocycles. The maximum atomic E-state index is 8.75. The van der Waals surface area contributed by atoms with Gasteiger partial charge in [-0.25, -0.2) is 0 Å². The van der Waals surface area contributed by atoms with E-state index in [9.17, 15) is 0 Å². The molecule has 74 valence electrons. The summed E-state index contributed by atoms with van der Waals surface area (Å²) in [7, 11) is 0. The molecular formula is C12H15NO. The number of aliphatic hydroxyl groups is 1. The quantitative estimate of drug-likeness (QED) is 0.788. The lowest BCUT2D eigenvalue weighted by atomic mass is 9.98. The summed E-state index contributed by atoms with van der Waals surface area (Å²) >= 11 is 0. The van der Waals surface area contributed by atoms with Gasteiger partial charge in [0.25, 0.3) is 0 Å². The fraction of sp³-hybridized carbons (Fsp3) is 0.417. The smallest absolute Gasteiger partial charge is 0.0991 e. The SMILES string of the molecule is CC(CCO)Cc1ccc(C#N)cc1. The summed E-state index contributed by atoms with van der Waals surface area (Å²) in [6, 6.07) is 9.72. The van der Waals surface area contributed by atoms with Crippen LogP contribution in [-0.2, 0) is 6.42 Å². The molecule has 0 radical (unpaired) electrons. The van der Waals surface area contributed by atoms with Crippen LogP contribution in [0, 0.1) is 17.2 Å². The number of nitriles is 1. The number of nitrogens with zero attached hydrogens (tertiary/aromatic N) is 1. The highest BCUT2D eigenvalue weighted by atomic mass is 16.3. The van der Waals surface area contributed by atoms with Crippen molar-refractivity contribution in [3.05, 3.63) is 35.4 Å². The summed E-state index contributed by atoms with van der Waals surface area (Å²) in [5.74, 6) is 0.493. The minimum absolute atomic E-state index is 0.247. The molecule has 0 saturated heterocycles. The van der Waals surface area contributed by atoms with E-state index < -0.39 is 0 Å². The first-order valence-electron chi connectivity index (χ1n) is 4.86. The van der Waals surface area contributed by atoms with Crippen molar-refractivity contribution in [3.8, 4) is 6.07 Å². The van der Waals surface area contributed by atoms with E-state index in [0.717, 1.165) is 12.8 Å². The van der Waals surface area contributed by atoms with Gasteiger partial charge in [0.05, 0.1) is 11.6 Å². The van der Waals surface area contributed by atoms with Crippen molar-refractivity contribution < 1.29 is 5.11 Å². The molecule has 1 aromatic carbocycles. The van der Waals surface area contributed by atoms with Crippen molar-refractivity contribution in [3.63, 3.8) is 0 Å². The molecule has 1 aromatic rings. The molecule has 0 aliphatic carbocycles. The second-order valence-electron chi connectivity index (χ2n) is 3.63. The Bertz CT molecular complexity index is 310. The topological polar surface area (TPSA) is 44.0 Å². The Morgan fingerprint density at radius 2 is 2.00 bits per heavy atom. The van der Waals surface area contributed by atoms with E-state index in [1.54, 1.807) is 0 Å². The van der Waals surface area contributed by atoms with Crippen LogP contribution in [0.25, 0.3) is 0 Å². The number of hydrogen-bond donors (Lipinski definition) is 1. The Balaban J connectivity index is 2.56. The lowest BCUT2D eigenvalue weighted by Crippen LogP contribution is -2.02. The molecule has 1 N–H and O–H groups in total. The molecule has 0 aliphatic rings. The van der Waals surface area contributed by atoms with Crippen molar-refractivity contribution in [2.45, 2.75) is 19.8 Å². The molecule has 1 unspecified atom stereocenters. The van der Waals surface area contributed by atoms with Gasteiger partial charge in [0.2, 0.25) is 0 Å². The summed E-state index contributed by atoms with van der Waals surface area (Å²) in [5, 5.41) is 17.4. The average Bonchev–Trinajstić information content (AvgIpc) is 2.19. The summed E-state index contributed by atoms with van der Waals surface area (Å²) in [6.45, 7) is 2.37. The van der Waals surface area contributed by atoms with Gasteiger partial charge in [-0.3, -0.25) is 0 Å². The van der Waals surface area contributed by atoms with Gasteiger partial charge < -0.3 is 5.11 Å². The third kappa shape index (κ3) is 3.20. The van der Waals surface area contributed by atoms with E-state index in [1.807, 2.05) is 24.3 Å². The molecule has 1 atom stereocenters. The zero-order valence-electron chi connectivity index (χ0n) is 8.40. The predicted octanol–water partition coefficient (Wildman–Crippen LogP) is 2.12. The van der Waals surface area contributed by atoms with E-state index in [1.165, 1.54) is 5.56 Å². The molecule has 0 aromatic heterocycles. The second kappa shape index (κ2) is 5.41. The normalized spacial score (nSPS) is 12.1. The van der Waals surface area contributed by atoms with E-state index in [2.05, 4.69) is 13.0 Å². The first kappa shape index (κ1) is 10.7. The Hall–Kier alpha value is -1.33.